The third kappa shape index (κ3) is 4.28. The van der Waals surface area contributed by atoms with Crippen LogP contribution in [-0.4, -0.2) is 49.4 Å². The molecule has 0 radical (unpaired) electrons. The van der Waals surface area contributed by atoms with Crippen molar-refractivity contribution in [1.82, 2.24) is 24.2 Å². The molecule has 190 valence electrons. The second-order valence-corrected chi connectivity index (χ2v) is 10.2. The fourth-order valence-electron chi connectivity index (χ4n) is 5.61. The lowest BCUT2D eigenvalue weighted by molar-refractivity contribution is 0.0991. The maximum atomic E-state index is 15.2. The molecular formula is C27H34FN7O. The van der Waals surface area contributed by atoms with Crippen LogP contribution in [0.4, 0.5) is 10.1 Å². The zero-order chi connectivity index (χ0) is 25.6. The van der Waals surface area contributed by atoms with Gasteiger partial charge in [-0.15, -0.1) is 0 Å². The van der Waals surface area contributed by atoms with Crippen LogP contribution in [0.15, 0.2) is 29.3 Å². The van der Waals surface area contributed by atoms with Crippen LogP contribution in [0.1, 0.15) is 69.7 Å². The van der Waals surface area contributed by atoms with E-state index in [4.69, 9.17) is 5.26 Å². The maximum absolute atomic E-state index is 15.2. The summed E-state index contributed by atoms with van der Waals surface area (Å²) in [6.45, 7) is 7.95. The van der Waals surface area contributed by atoms with Gasteiger partial charge in [0, 0.05) is 67.7 Å². The third-order valence-corrected chi connectivity index (χ3v) is 8.01. The minimum absolute atomic E-state index is 0.100. The number of nitrogens with zero attached hydrogens (tertiary/aromatic N) is 7. The molecule has 0 bridgehead atoms. The highest BCUT2D eigenvalue weighted by Crippen LogP contribution is 2.40. The van der Waals surface area contributed by atoms with Gasteiger partial charge in [0.2, 0.25) is 0 Å². The van der Waals surface area contributed by atoms with E-state index in [1.807, 2.05) is 0 Å². The van der Waals surface area contributed by atoms with Crippen molar-refractivity contribution in [2.24, 2.45) is 7.05 Å². The van der Waals surface area contributed by atoms with E-state index in [9.17, 15) is 4.79 Å². The minimum Gasteiger partial charge on any atom is -0.364 e. The lowest BCUT2D eigenvalue weighted by Crippen LogP contribution is -2.59. The SMILES string of the molecule is CC[C@H]1CN([C@@H](C)c2cnc(C3CC3)cc2F)[C@H](CC)CN1c1cc(=O)n(C)c2cn(CC#N)nc12. The minimum atomic E-state index is -0.166. The summed E-state index contributed by atoms with van der Waals surface area (Å²) < 4.78 is 18.3. The van der Waals surface area contributed by atoms with Crippen LogP contribution in [0.3, 0.4) is 0 Å². The molecular weight excluding hydrogens is 457 g/mol. The van der Waals surface area contributed by atoms with Gasteiger partial charge in [0.1, 0.15) is 17.9 Å². The van der Waals surface area contributed by atoms with Crippen molar-refractivity contribution in [1.29, 1.82) is 5.26 Å². The van der Waals surface area contributed by atoms with Gasteiger partial charge in [0.15, 0.2) is 0 Å². The molecule has 0 amide bonds. The van der Waals surface area contributed by atoms with Crippen molar-refractivity contribution in [2.45, 2.75) is 77.0 Å². The number of aromatic nitrogens is 4. The number of aryl methyl sites for hydroxylation is 1. The zero-order valence-electron chi connectivity index (χ0n) is 21.5. The molecule has 8 nitrogen and oxygen atoms in total. The Morgan fingerprint density at radius 2 is 1.94 bits per heavy atom. The number of fused-ring (bicyclic) bond motifs is 1. The van der Waals surface area contributed by atoms with Gasteiger partial charge in [-0.05, 0) is 38.7 Å². The smallest absolute Gasteiger partial charge is 0.252 e. The van der Waals surface area contributed by atoms with E-state index < -0.39 is 0 Å². The van der Waals surface area contributed by atoms with Crippen LogP contribution < -0.4 is 10.5 Å². The first kappa shape index (κ1) is 24.4. The molecule has 2 fully saturated rings. The average molecular weight is 492 g/mol. The monoisotopic (exact) mass is 491 g/mol. The van der Waals surface area contributed by atoms with E-state index in [0.29, 0.717) is 18.0 Å². The molecule has 3 aromatic rings. The first-order chi connectivity index (χ1) is 17.4. The molecule has 1 aliphatic heterocycles. The lowest BCUT2D eigenvalue weighted by Gasteiger charge is -2.49. The molecule has 9 heteroatoms. The Balaban J connectivity index is 1.48. The Bertz CT molecular complexity index is 1370. The largest absolute Gasteiger partial charge is 0.364 e. The van der Waals surface area contributed by atoms with Crippen LogP contribution in [-0.2, 0) is 13.6 Å². The molecule has 0 unspecified atom stereocenters. The number of pyridine rings is 2. The van der Waals surface area contributed by atoms with E-state index in [-0.39, 0.29) is 36.0 Å². The zero-order valence-corrected chi connectivity index (χ0v) is 21.5. The quantitative estimate of drug-likeness (QED) is 0.495. The predicted molar refractivity (Wildman–Crippen MR) is 137 cm³/mol. The number of anilines is 1. The summed E-state index contributed by atoms with van der Waals surface area (Å²) >= 11 is 0. The van der Waals surface area contributed by atoms with Crippen LogP contribution in [0.5, 0.6) is 0 Å². The summed E-state index contributed by atoms with van der Waals surface area (Å²) in [6, 6.07) is 5.62. The molecule has 0 spiro atoms. The van der Waals surface area contributed by atoms with Gasteiger partial charge in [-0.1, -0.05) is 13.8 Å². The summed E-state index contributed by atoms with van der Waals surface area (Å²) in [6.07, 6.45) is 7.47. The molecule has 3 aromatic heterocycles. The highest BCUT2D eigenvalue weighted by molar-refractivity contribution is 5.88. The molecule has 3 atom stereocenters. The Morgan fingerprint density at radius 1 is 1.19 bits per heavy atom. The fraction of sp³-hybridized carbons (Fsp3) is 0.556. The second-order valence-electron chi connectivity index (χ2n) is 10.2. The van der Waals surface area contributed by atoms with Gasteiger partial charge in [-0.25, -0.2) is 4.39 Å². The Hall–Kier alpha value is -3.25. The Labute approximate surface area is 210 Å². The van der Waals surface area contributed by atoms with Gasteiger partial charge in [-0.2, -0.15) is 10.4 Å². The maximum Gasteiger partial charge on any atom is 0.252 e. The first-order valence-corrected chi connectivity index (χ1v) is 13.0. The molecule has 1 saturated carbocycles. The topological polar surface area (TPSA) is 83.0 Å². The summed E-state index contributed by atoms with van der Waals surface area (Å²) in [4.78, 5) is 22.1. The standard InChI is InChI=1S/C27H34FN7O/c1-5-19-15-35(24-12-26(36)32(4)25-16-33(10-9-29)31-27(24)25)20(6-2)14-34(19)17(3)21-13-30-23(11-22(21)28)18-7-8-18/h11-13,16-20H,5-8,10,14-15H2,1-4H3/t17-,19+,20-/m0/s1. The third-order valence-electron chi connectivity index (χ3n) is 8.01. The Kier molecular flexibility index (Phi) is 6.56. The number of rotatable bonds is 7. The molecule has 4 heterocycles. The second kappa shape index (κ2) is 9.66. The highest BCUT2D eigenvalue weighted by Gasteiger charge is 2.37. The number of hydrogen-bond acceptors (Lipinski definition) is 6. The van der Waals surface area contributed by atoms with Crippen molar-refractivity contribution in [3.63, 3.8) is 0 Å². The van der Waals surface area contributed by atoms with Crippen LogP contribution in [0.2, 0.25) is 0 Å². The van der Waals surface area contributed by atoms with E-state index in [1.165, 1.54) is 0 Å². The predicted octanol–water partition coefficient (Wildman–Crippen LogP) is 4.11. The van der Waals surface area contributed by atoms with Gasteiger partial charge >= 0.3 is 0 Å². The van der Waals surface area contributed by atoms with Crippen molar-refractivity contribution < 1.29 is 4.39 Å². The summed E-state index contributed by atoms with van der Waals surface area (Å²) in [5.41, 5.74) is 3.67. The highest BCUT2D eigenvalue weighted by atomic mass is 19.1. The van der Waals surface area contributed by atoms with E-state index in [0.717, 1.165) is 54.6 Å². The molecule has 0 N–H and O–H groups in total. The number of hydrogen-bond donors (Lipinski definition) is 0. The van der Waals surface area contributed by atoms with Crippen LogP contribution >= 0.6 is 0 Å². The molecule has 5 rings (SSSR count). The number of halogens is 1. The molecule has 0 aromatic carbocycles. The molecule has 2 aliphatic rings. The average Bonchev–Trinajstić information content (AvgIpc) is 3.65. The number of nitriles is 1. The Morgan fingerprint density at radius 3 is 2.58 bits per heavy atom. The van der Waals surface area contributed by atoms with Crippen molar-refractivity contribution in [3.05, 3.63) is 52.0 Å². The fourth-order valence-corrected chi connectivity index (χ4v) is 5.61. The van der Waals surface area contributed by atoms with Crippen LogP contribution in [0.25, 0.3) is 11.0 Å². The summed E-state index contributed by atoms with van der Waals surface area (Å²) in [7, 11) is 1.73. The normalized spacial score (nSPS) is 21.6. The molecule has 1 saturated heterocycles. The van der Waals surface area contributed by atoms with Gasteiger partial charge in [0.05, 0.1) is 23.5 Å². The first-order valence-electron chi connectivity index (χ1n) is 13.0. The van der Waals surface area contributed by atoms with Crippen molar-refractivity contribution >= 4 is 16.7 Å². The molecule has 1 aliphatic carbocycles. The van der Waals surface area contributed by atoms with E-state index in [2.05, 4.69) is 46.7 Å². The number of piperazine rings is 1. The van der Waals surface area contributed by atoms with Gasteiger partial charge in [-0.3, -0.25) is 19.4 Å². The van der Waals surface area contributed by atoms with Gasteiger partial charge in [0.25, 0.3) is 5.56 Å². The van der Waals surface area contributed by atoms with Crippen molar-refractivity contribution in [2.75, 3.05) is 18.0 Å². The summed E-state index contributed by atoms with van der Waals surface area (Å²) in [5, 5.41) is 13.8. The van der Waals surface area contributed by atoms with Crippen molar-refractivity contribution in [3.8, 4) is 6.07 Å². The molecule has 36 heavy (non-hydrogen) atoms. The van der Waals surface area contributed by atoms with E-state index in [1.54, 1.807) is 40.8 Å². The van der Waals surface area contributed by atoms with E-state index >= 15 is 4.39 Å². The lowest BCUT2D eigenvalue weighted by atomic mass is 9.96. The van der Waals surface area contributed by atoms with Crippen LogP contribution in [0, 0.1) is 17.1 Å². The summed E-state index contributed by atoms with van der Waals surface area (Å²) in [5.74, 6) is 0.258. The van der Waals surface area contributed by atoms with Gasteiger partial charge < -0.3 is 9.47 Å².